The van der Waals surface area contributed by atoms with Gasteiger partial charge >= 0.3 is 0 Å². The zero-order valence-electron chi connectivity index (χ0n) is 35.5. The van der Waals surface area contributed by atoms with Crippen LogP contribution in [0, 0.1) is 0 Å². The van der Waals surface area contributed by atoms with Gasteiger partial charge in [0, 0.05) is 22.5 Å². The van der Waals surface area contributed by atoms with Gasteiger partial charge in [-0.15, -0.1) is 0 Å². The second kappa shape index (κ2) is 14.4. The fraction of sp³-hybridized carbons (Fsp3) is 0.0645. The maximum absolute atomic E-state index is 2.50. The Morgan fingerprint density at radius 2 is 0.857 bits per heavy atom. The van der Waals surface area contributed by atoms with Gasteiger partial charge in [0.1, 0.15) is 0 Å². The van der Waals surface area contributed by atoms with Crippen LogP contribution >= 0.6 is 0 Å². The van der Waals surface area contributed by atoms with Gasteiger partial charge in [0.25, 0.3) is 0 Å². The van der Waals surface area contributed by atoms with Gasteiger partial charge in [-0.05, 0) is 131 Å². The predicted molar refractivity (Wildman–Crippen MR) is 264 cm³/mol. The zero-order chi connectivity index (χ0) is 42.1. The molecule has 0 bridgehead atoms. The summed E-state index contributed by atoms with van der Waals surface area (Å²) in [4.78, 5) is 2.46. The zero-order valence-corrected chi connectivity index (χ0v) is 35.5. The summed E-state index contributed by atoms with van der Waals surface area (Å²) >= 11 is 0. The standard InChI is InChI=1S/C62H45N/c1-61(2)56-33-15-14-30-52(56)53-37-35-48(40-58(53)61)63(47-27-10-5-11-28-47)49-36-38-55-59(41-49)62(45-24-8-4-9-25-45,46-26-16-23-44(39-46)42-19-6-3-7-20-42)57-34-18-32-54(60(55)57)51-31-17-22-43-21-12-13-29-50(43)51/h3-41H,1-2H3. The van der Waals surface area contributed by atoms with Crippen LogP contribution in [0.3, 0.4) is 0 Å². The molecule has 10 aromatic rings. The molecule has 1 heteroatoms. The summed E-state index contributed by atoms with van der Waals surface area (Å²) in [5.41, 5.74) is 20.5. The lowest BCUT2D eigenvalue weighted by molar-refractivity contribution is 0.660. The highest BCUT2D eigenvalue weighted by Crippen LogP contribution is 2.60. The second-order valence-corrected chi connectivity index (χ2v) is 17.6. The van der Waals surface area contributed by atoms with Crippen molar-refractivity contribution in [2.24, 2.45) is 0 Å². The quantitative estimate of drug-likeness (QED) is 0.155. The summed E-state index contributed by atoms with van der Waals surface area (Å²) in [5.74, 6) is 0. The topological polar surface area (TPSA) is 3.24 Å². The number of para-hydroxylation sites is 1. The Bertz CT molecular complexity index is 3360. The Balaban J connectivity index is 1.16. The van der Waals surface area contributed by atoms with Gasteiger partial charge in [-0.2, -0.15) is 0 Å². The van der Waals surface area contributed by atoms with Crippen LogP contribution in [-0.2, 0) is 10.8 Å². The molecule has 0 saturated heterocycles. The molecule has 10 aromatic carbocycles. The summed E-state index contributed by atoms with van der Waals surface area (Å²) in [7, 11) is 0. The normalized spacial score (nSPS) is 15.3. The Labute approximate surface area is 370 Å². The van der Waals surface area contributed by atoms with E-state index in [2.05, 4.69) is 255 Å². The van der Waals surface area contributed by atoms with Crippen molar-refractivity contribution in [2.45, 2.75) is 24.7 Å². The molecule has 0 aromatic heterocycles. The molecule has 1 atom stereocenters. The highest BCUT2D eigenvalue weighted by atomic mass is 15.1. The van der Waals surface area contributed by atoms with E-state index in [-0.39, 0.29) is 5.41 Å². The molecule has 2 aliphatic carbocycles. The van der Waals surface area contributed by atoms with Crippen molar-refractivity contribution < 1.29 is 0 Å². The van der Waals surface area contributed by atoms with Crippen molar-refractivity contribution in [1.29, 1.82) is 0 Å². The van der Waals surface area contributed by atoms with E-state index in [1.807, 2.05) is 0 Å². The number of nitrogens with zero attached hydrogens (tertiary/aromatic N) is 1. The molecule has 0 heterocycles. The monoisotopic (exact) mass is 803 g/mol. The van der Waals surface area contributed by atoms with Crippen LogP contribution in [0.2, 0.25) is 0 Å². The van der Waals surface area contributed by atoms with E-state index in [4.69, 9.17) is 0 Å². The maximum Gasteiger partial charge on any atom is 0.0714 e. The number of hydrogen-bond acceptors (Lipinski definition) is 1. The summed E-state index contributed by atoms with van der Waals surface area (Å²) < 4.78 is 0. The first kappa shape index (κ1) is 37.1. The summed E-state index contributed by atoms with van der Waals surface area (Å²) in [6.07, 6.45) is 0. The first-order valence-corrected chi connectivity index (χ1v) is 22.1. The largest absolute Gasteiger partial charge is 0.310 e. The van der Waals surface area contributed by atoms with Gasteiger partial charge in [-0.3, -0.25) is 0 Å². The Kier molecular flexibility index (Phi) is 8.49. The molecule has 298 valence electrons. The van der Waals surface area contributed by atoms with Crippen LogP contribution in [0.1, 0.15) is 47.2 Å². The second-order valence-electron chi connectivity index (χ2n) is 17.6. The van der Waals surface area contributed by atoms with Crippen LogP contribution < -0.4 is 4.90 Å². The van der Waals surface area contributed by atoms with E-state index < -0.39 is 5.41 Å². The minimum atomic E-state index is -0.642. The molecule has 0 aliphatic heterocycles. The lowest BCUT2D eigenvalue weighted by Crippen LogP contribution is -2.29. The molecule has 0 spiro atoms. The van der Waals surface area contributed by atoms with Crippen LogP contribution in [0.4, 0.5) is 17.1 Å². The lowest BCUT2D eigenvalue weighted by Gasteiger charge is -2.35. The summed E-state index contributed by atoms with van der Waals surface area (Å²) in [5, 5.41) is 2.50. The molecule has 0 fully saturated rings. The van der Waals surface area contributed by atoms with Crippen LogP contribution in [0.5, 0.6) is 0 Å². The minimum absolute atomic E-state index is 0.131. The van der Waals surface area contributed by atoms with E-state index in [9.17, 15) is 0 Å². The molecule has 0 N–H and O–H groups in total. The number of rotatable bonds is 7. The number of hydrogen-bond donors (Lipinski definition) is 0. The summed E-state index contributed by atoms with van der Waals surface area (Å²) in [6.45, 7) is 4.73. The highest BCUT2D eigenvalue weighted by Gasteiger charge is 2.47. The van der Waals surface area contributed by atoms with Gasteiger partial charge in [-0.1, -0.05) is 208 Å². The molecule has 63 heavy (non-hydrogen) atoms. The van der Waals surface area contributed by atoms with Crippen molar-refractivity contribution in [3.8, 4) is 44.5 Å². The Morgan fingerprint density at radius 1 is 0.317 bits per heavy atom. The van der Waals surface area contributed by atoms with E-state index in [0.717, 1.165) is 17.1 Å². The van der Waals surface area contributed by atoms with Gasteiger partial charge < -0.3 is 4.90 Å². The van der Waals surface area contributed by atoms with Gasteiger partial charge in [0.05, 0.1) is 5.41 Å². The average molecular weight is 804 g/mol. The van der Waals surface area contributed by atoms with E-state index in [1.54, 1.807) is 0 Å². The van der Waals surface area contributed by atoms with E-state index >= 15 is 0 Å². The van der Waals surface area contributed by atoms with Crippen molar-refractivity contribution in [3.05, 3.63) is 270 Å². The first-order chi connectivity index (χ1) is 31.0. The Hall–Kier alpha value is -7.74. The first-order valence-electron chi connectivity index (χ1n) is 22.1. The molecule has 1 unspecified atom stereocenters. The number of benzene rings is 10. The average Bonchev–Trinajstić information content (AvgIpc) is 3.77. The molecule has 0 saturated carbocycles. The van der Waals surface area contributed by atoms with Crippen LogP contribution in [0.25, 0.3) is 55.3 Å². The summed E-state index contributed by atoms with van der Waals surface area (Å²) in [6, 6.07) is 88.0. The maximum atomic E-state index is 2.50. The van der Waals surface area contributed by atoms with Crippen molar-refractivity contribution >= 4 is 27.8 Å². The molecule has 1 nitrogen and oxygen atoms in total. The molecule has 0 amide bonds. The van der Waals surface area contributed by atoms with Crippen molar-refractivity contribution in [3.63, 3.8) is 0 Å². The predicted octanol–water partition coefficient (Wildman–Crippen LogP) is 16.3. The fourth-order valence-electron chi connectivity index (χ4n) is 11.1. The van der Waals surface area contributed by atoms with Crippen LogP contribution in [-0.4, -0.2) is 0 Å². The van der Waals surface area contributed by atoms with Crippen molar-refractivity contribution in [1.82, 2.24) is 0 Å². The molecule has 2 aliphatic rings. The van der Waals surface area contributed by atoms with E-state index in [0.29, 0.717) is 0 Å². The highest BCUT2D eigenvalue weighted by molar-refractivity contribution is 6.04. The third kappa shape index (κ3) is 5.63. The van der Waals surface area contributed by atoms with Gasteiger partial charge in [-0.25, -0.2) is 0 Å². The molecule has 0 radical (unpaired) electrons. The van der Waals surface area contributed by atoms with Gasteiger partial charge in [0.2, 0.25) is 0 Å². The third-order valence-corrected chi connectivity index (χ3v) is 13.9. The van der Waals surface area contributed by atoms with Crippen molar-refractivity contribution in [2.75, 3.05) is 4.90 Å². The number of fused-ring (bicyclic) bond motifs is 7. The molecular weight excluding hydrogens is 759 g/mol. The molecule has 12 rings (SSSR count). The third-order valence-electron chi connectivity index (χ3n) is 13.9. The number of anilines is 3. The minimum Gasteiger partial charge on any atom is -0.310 e. The SMILES string of the molecule is CC1(C)c2ccccc2-c2ccc(N(c3ccccc3)c3ccc4c(c3)C(c3ccccc3)(c3cccc(-c5ccccc5)c3)c3cccc(-c5cccc6ccccc56)c3-4)cc21. The smallest absolute Gasteiger partial charge is 0.0714 e. The molecular formula is C62H45N. The van der Waals surface area contributed by atoms with E-state index in [1.165, 1.54) is 88.7 Å². The van der Waals surface area contributed by atoms with Crippen LogP contribution in [0.15, 0.2) is 237 Å². The Morgan fingerprint density at radius 3 is 1.67 bits per heavy atom. The fourth-order valence-corrected chi connectivity index (χ4v) is 11.1. The lowest BCUT2D eigenvalue weighted by atomic mass is 9.67. The van der Waals surface area contributed by atoms with Gasteiger partial charge in [0.15, 0.2) is 0 Å².